The maximum atomic E-state index is 11.8. The van der Waals surface area contributed by atoms with E-state index >= 15 is 0 Å². The molecule has 0 radical (unpaired) electrons. The smallest absolute Gasteiger partial charge is 0.156 e. The molecule has 1 aliphatic carbocycles. The van der Waals surface area contributed by atoms with Crippen molar-refractivity contribution in [3.8, 4) is 0 Å². The van der Waals surface area contributed by atoms with Crippen LogP contribution in [0.1, 0.15) is 65.7 Å². The molecule has 1 rings (SSSR count). The number of rotatable bonds is 7. The second-order valence-corrected chi connectivity index (χ2v) is 6.35. The van der Waals surface area contributed by atoms with Crippen LogP contribution in [0.25, 0.3) is 0 Å². The Balaban J connectivity index is 2.83. The van der Waals surface area contributed by atoms with Crippen LogP contribution in [-0.2, 0) is 4.79 Å². The summed E-state index contributed by atoms with van der Waals surface area (Å²) in [6.07, 6.45) is 10.9. The highest BCUT2D eigenvalue weighted by atomic mass is 16.2. The quantitative estimate of drug-likeness (QED) is 0.700. The Morgan fingerprint density at radius 1 is 1.37 bits per heavy atom. The van der Waals surface area contributed by atoms with Gasteiger partial charge < -0.3 is 5.11 Å². The standard InChI is InChI=1S/C17H28O2/c1-4-5-6-8-14(9-7-10-18)15-11-16(19)13-17(2,3)12-15/h8,11,18H,4-7,9-10,12-13H2,1-3H3/b14-8+. The average Bonchev–Trinajstić information content (AvgIpc) is 2.31. The van der Waals surface area contributed by atoms with E-state index in [0.29, 0.717) is 6.42 Å². The minimum Gasteiger partial charge on any atom is -0.396 e. The molecule has 0 atom stereocenters. The van der Waals surface area contributed by atoms with Gasteiger partial charge in [0.15, 0.2) is 5.78 Å². The first-order valence-corrected chi connectivity index (χ1v) is 7.52. The summed E-state index contributed by atoms with van der Waals surface area (Å²) in [5.41, 5.74) is 2.55. The van der Waals surface area contributed by atoms with Gasteiger partial charge in [-0.2, -0.15) is 0 Å². The van der Waals surface area contributed by atoms with Crippen LogP contribution >= 0.6 is 0 Å². The molecular formula is C17H28O2. The number of aliphatic hydroxyl groups is 1. The molecule has 0 aliphatic heterocycles. The highest BCUT2D eigenvalue weighted by molar-refractivity contribution is 5.92. The minimum atomic E-state index is 0.0736. The third-order valence-corrected chi connectivity index (χ3v) is 3.62. The van der Waals surface area contributed by atoms with Gasteiger partial charge in [0, 0.05) is 13.0 Å². The Labute approximate surface area is 117 Å². The molecular weight excluding hydrogens is 236 g/mol. The van der Waals surface area contributed by atoms with Crippen molar-refractivity contribution in [1.29, 1.82) is 0 Å². The summed E-state index contributed by atoms with van der Waals surface area (Å²) in [4.78, 5) is 11.8. The fraction of sp³-hybridized carbons (Fsp3) is 0.706. The van der Waals surface area contributed by atoms with Crippen LogP contribution in [0.15, 0.2) is 23.3 Å². The number of unbranched alkanes of at least 4 members (excludes halogenated alkanes) is 2. The first-order valence-electron chi connectivity index (χ1n) is 7.52. The number of ketones is 1. The highest BCUT2D eigenvalue weighted by Gasteiger charge is 2.28. The summed E-state index contributed by atoms with van der Waals surface area (Å²) >= 11 is 0. The van der Waals surface area contributed by atoms with E-state index in [1.165, 1.54) is 24.0 Å². The Morgan fingerprint density at radius 2 is 2.11 bits per heavy atom. The molecule has 0 unspecified atom stereocenters. The van der Waals surface area contributed by atoms with Gasteiger partial charge in [-0.3, -0.25) is 4.79 Å². The van der Waals surface area contributed by atoms with Crippen molar-refractivity contribution in [2.45, 2.75) is 65.7 Å². The lowest BCUT2D eigenvalue weighted by Gasteiger charge is -2.30. The summed E-state index contributed by atoms with van der Waals surface area (Å²) in [5.74, 6) is 0.247. The molecule has 19 heavy (non-hydrogen) atoms. The third kappa shape index (κ3) is 5.73. The highest BCUT2D eigenvalue weighted by Crippen LogP contribution is 2.37. The monoisotopic (exact) mass is 264 g/mol. The van der Waals surface area contributed by atoms with Crippen LogP contribution in [0.5, 0.6) is 0 Å². The van der Waals surface area contributed by atoms with Crippen molar-refractivity contribution in [3.05, 3.63) is 23.3 Å². The molecule has 0 spiro atoms. The van der Waals surface area contributed by atoms with Crippen molar-refractivity contribution in [2.24, 2.45) is 5.41 Å². The SMILES string of the molecule is CCCC/C=C(\CCCO)C1=CC(=O)CC(C)(C)C1. The topological polar surface area (TPSA) is 37.3 Å². The largest absolute Gasteiger partial charge is 0.396 e. The maximum Gasteiger partial charge on any atom is 0.156 e. The van der Waals surface area contributed by atoms with Gasteiger partial charge in [-0.15, -0.1) is 0 Å². The van der Waals surface area contributed by atoms with Crippen molar-refractivity contribution in [2.75, 3.05) is 6.61 Å². The number of hydrogen-bond donors (Lipinski definition) is 1. The number of carbonyl (C=O) groups is 1. The normalized spacial score (nSPS) is 19.5. The van der Waals surface area contributed by atoms with Crippen LogP contribution < -0.4 is 0 Å². The predicted molar refractivity (Wildman–Crippen MR) is 80.0 cm³/mol. The zero-order chi connectivity index (χ0) is 14.3. The van der Waals surface area contributed by atoms with E-state index in [0.717, 1.165) is 25.7 Å². The fourth-order valence-electron chi connectivity index (χ4n) is 2.70. The molecule has 0 aromatic carbocycles. The van der Waals surface area contributed by atoms with Crippen molar-refractivity contribution < 1.29 is 9.90 Å². The van der Waals surface area contributed by atoms with Gasteiger partial charge in [0.25, 0.3) is 0 Å². The lowest BCUT2D eigenvalue weighted by atomic mass is 9.74. The van der Waals surface area contributed by atoms with Gasteiger partial charge in [-0.05, 0) is 48.3 Å². The predicted octanol–water partition coefficient (Wildman–Crippen LogP) is 4.19. The molecule has 2 heteroatoms. The molecule has 0 saturated heterocycles. The molecule has 1 N–H and O–H groups in total. The fourth-order valence-corrected chi connectivity index (χ4v) is 2.70. The number of carbonyl (C=O) groups excluding carboxylic acids is 1. The van der Waals surface area contributed by atoms with Gasteiger partial charge in [0.1, 0.15) is 0 Å². The van der Waals surface area contributed by atoms with Crippen LogP contribution in [0.4, 0.5) is 0 Å². The van der Waals surface area contributed by atoms with E-state index in [9.17, 15) is 4.79 Å². The summed E-state index contributed by atoms with van der Waals surface area (Å²) in [5, 5.41) is 9.03. The minimum absolute atomic E-state index is 0.0736. The van der Waals surface area contributed by atoms with E-state index in [1.807, 2.05) is 6.08 Å². The summed E-state index contributed by atoms with van der Waals surface area (Å²) in [7, 11) is 0. The molecule has 0 amide bonds. The first-order chi connectivity index (χ1) is 8.98. The van der Waals surface area contributed by atoms with Gasteiger partial charge >= 0.3 is 0 Å². The summed E-state index contributed by atoms with van der Waals surface area (Å²) in [6, 6.07) is 0. The second kappa shape index (κ2) is 7.64. The van der Waals surface area contributed by atoms with Crippen molar-refractivity contribution in [3.63, 3.8) is 0 Å². The molecule has 108 valence electrons. The van der Waals surface area contributed by atoms with E-state index in [-0.39, 0.29) is 17.8 Å². The van der Waals surface area contributed by atoms with Crippen molar-refractivity contribution >= 4 is 5.78 Å². The lowest BCUT2D eigenvalue weighted by molar-refractivity contribution is -0.117. The van der Waals surface area contributed by atoms with Crippen LogP contribution in [-0.4, -0.2) is 17.5 Å². The van der Waals surface area contributed by atoms with Crippen LogP contribution in [0, 0.1) is 5.41 Å². The molecule has 0 aromatic heterocycles. The number of hydrogen-bond acceptors (Lipinski definition) is 2. The molecule has 0 fully saturated rings. The van der Waals surface area contributed by atoms with E-state index in [4.69, 9.17) is 5.11 Å². The Bertz CT molecular complexity index is 361. The first kappa shape index (κ1) is 16.2. The number of aliphatic hydroxyl groups excluding tert-OH is 1. The average molecular weight is 264 g/mol. The Hall–Kier alpha value is -0.890. The van der Waals surface area contributed by atoms with Gasteiger partial charge in [-0.1, -0.05) is 39.7 Å². The zero-order valence-corrected chi connectivity index (χ0v) is 12.7. The van der Waals surface area contributed by atoms with Gasteiger partial charge in [-0.25, -0.2) is 0 Å². The van der Waals surface area contributed by atoms with E-state index in [2.05, 4.69) is 26.8 Å². The maximum absolute atomic E-state index is 11.8. The van der Waals surface area contributed by atoms with E-state index < -0.39 is 0 Å². The van der Waals surface area contributed by atoms with Crippen LogP contribution in [0.2, 0.25) is 0 Å². The molecule has 1 aliphatic rings. The second-order valence-electron chi connectivity index (χ2n) is 6.35. The van der Waals surface area contributed by atoms with Crippen molar-refractivity contribution in [1.82, 2.24) is 0 Å². The Kier molecular flexibility index (Phi) is 6.50. The number of allylic oxidation sites excluding steroid dienone is 4. The molecule has 0 heterocycles. The molecule has 2 nitrogen and oxygen atoms in total. The summed E-state index contributed by atoms with van der Waals surface area (Å²) < 4.78 is 0. The van der Waals surface area contributed by atoms with Gasteiger partial charge in [0.05, 0.1) is 0 Å². The van der Waals surface area contributed by atoms with E-state index in [1.54, 1.807) is 0 Å². The molecule has 0 aromatic rings. The lowest BCUT2D eigenvalue weighted by Crippen LogP contribution is -2.22. The third-order valence-electron chi connectivity index (χ3n) is 3.62. The van der Waals surface area contributed by atoms with Gasteiger partial charge in [0.2, 0.25) is 0 Å². The zero-order valence-electron chi connectivity index (χ0n) is 12.7. The Morgan fingerprint density at radius 3 is 2.68 bits per heavy atom. The molecule has 0 saturated carbocycles. The van der Waals surface area contributed by atoms with Crippen LogP contribution in [0.3, 0.4) is 0 Å². The molecule has 0 bridgehead atoms. The summed E-state index contributed by atoms with van der Waals surface area (Å²) in [6.45, 7) is 6.73.